The smallest absolute Gasteiger partial charge is 0.337 e. The van der Waals surface area contributed by atoms with Crippen LogP contribution in [0, 0.1) is 0 Å². The number of esters is 1. The minimum absolute atomic E-state index is 0.0944. The summed E-state index contributed by atoms with van der Waals surface area (Å²) in [4.78, 5) is 27.6. The molecule has 0 heterocycles. The number of anilines is 1. The average Bonchev–Trinajstić information content (AvgIpc) is 2.61. The van der Waals surface area contributed by atoms with Crippen molar-refractivity contribution in [1.82, 2.24) is 4.90 Å². The fraction of sp³-hybridized carbons (Fsp3) is 0.263. The van der Waals surface area contributed by atoms with Gasteiger partial charge in [0.1, 0.15) is 0 Å². The van der Waals surface area contributed by atoms with Crippen molar-refractivity contribution in [3.05, 3.63) is 65.2 Å². The minimum atomic E-state index is -0.414. The molecule has 0 radical (unpaired) electrons. The van der Waals surface area contributed by atoms with Crippen molar-refractivity contribution in [2.24, 2.45) is 0 Å². The molecule has 0 bridgehead atoms. The monoisotopic (exact) mass is 326 g/mol. The SMILES string of the molecule is COC(=O)c1ccc(C(=O)N(C)Cc2ccc(N(C)C)cc2)cc1. The quantitative estimate of drug-likeness (QED) is 0.793. The number of nitrogens with zero attached hydrogens (tertiary/aromatic N) is 2. The van der Waals surface area contributed by atoms with Gasteiger partial charge in [-0.15, -0.1) is 0 Å². The Kier molecular flexibility index (Phi) is 5.58. The molecule has 0 aliphatic carbocycles. The van der Waals surface area contributed by atoms with E-state index < -0.39 is 5.97 Å². The molecule has 0 aliphatic heterocycles. The number of carbonyl (C=O) groups is 2. The third-order valence-electron chi connectivity index (χ3n) is 3.77. The molecule has 126 valence electrons. The minimum Gasteiger partial charge on any atom is -0.465 e. The lowest BCUT2D eigenvalue weighted by Gasteiger charge is -2.18. The Balaban J connectivity index is 2.04. The molecule has 24 heavy (non-hydrogen) atoms. The number of rotatable bonds is 5. The number of carbonyl (C=O) groups excluding carboxylic acids is 2. The maximum absolute atomic E-state index is 12.5. The van der Waals surface area contributed by atoms with Gasteiger partial charge < -0.3 is 14.5 Å². The molecule has 0 saturated heterocycles. The highest BCUT2D eigenvalue weighted by Gasteiger charge is 2.13. The first-order valence-corrected chi connectivity index (χ1v) is 7.62. The number of ether oxygens (including phenoxy) is 1. The first-order chi connectivity index (χ1) is 11.4. The molecule has 0 aliphatic rings. The van der Waals surface area contributed by atoms with E-state index >= 15 is 0 Å². The standard InChI is InChI=1S/C19H22N2O3/c1-20(2)17-11-5-14(6-12-17)13-21(3)18(22)15-7-9-16(10-8-15)19(23)24-4/h5-12H,13H2,1-4H3. The second kappa shape index (κ2) is 7.64. The zero-order chi connectivity index (χ0) is 17.7. The van der Waals surface area contributed by atoms with Crippen LogP contribution in [0.25, 0.3) is 0 Å². The molecule has 2 aromatic rings. The summed E-state index contributed by atoms with van der Waals surface area (Å²) in [6.45, 7) is 0.519. The van der Waals surface area contributed by atoms with Crippen LogP contribution in [0.15, 0.2) is 48.5 Å². The largest absolute Gasteiger partial charge is 0.465 e. The van der Waals surface area contributed by atoms with Gasteiger partial charge in [0.05, 0.1) is 12.7 Å². The van der Waals surface area contributed by atoms with Gasteiger partial charge in [0.25, 0.3) is 5.91 Å². The summed E-state index contributed by atoms with van der Waals surface area (Å²) in [5.41, 5.74) is 3.14. The van der Waals surface area contributed by atoms with Gasteiger partial charge >= 0.3 is 5.97 Å². The van der Waals surface area contributed by atoms with E-state index in [0.29, 0.717) is 17.7 Å². The Morgan fingerprint density at radius 1 is 0.875 bits per heavy atom. The van der Waals surface area contributed by atoms with Crippen molar-refractivity contribution in [3.8, 4) is 0 Å². The van der Waals surface area contributed by atoms with Crippen molar-refractivity contribution in [2.75, 3.05) is 33.2 Å². The Morgan fingerprint density at radius 3 is 1.92 bits per heavy atom. The maximum atomic E-state index is 12.5. The van der Waals surface area contributed by atoms with Crippen LogP contribution in [-0.4, -0.2) is 45.0 Å². The molecule has 0 N–H and O–H groups in total. The molecule has 0 saturated carbocycles. The number of benzene rings is 2. The molecular weight excluding hydrogens is 304 g/mol. The van der Waals surface area contributed by atoms with Crippen LogP contribution in [0.2, 0.25) is 0 Å². The third-order valence-corrected chi connectivity index (χ3v) is 3.77. The summed E-state index contributed by atoms with van der Waals surface area (Å²) in [6, 6.07) is 14.6. The van der Waals surface area contributed by atoms with E-state index in [1.54, 1.807) is 36.2 Å². The van der Waals surface area contributed by atoms with Crippen LogP contribution in [0.4, 0.5) is 5.69 Å². The normalized spacial score (nSPS) is 10.2. The van der Waals surface area contributed by atoms with Crippen molar-refractivity contribution in [2.45, 2.75) is 6.54 Å². The Bertz CT molecular complexity index is 706. The molecule has 0 fully saturated rings. The van der Waals surface area contributed by atoms with E-state index in [2.05, 4.69) is 4.74 Å². The second-order valence-electron chi connectivity index (χ2n) is 5.79. The van der Waals surface area contributed by atoms with E-state index in [-0.39, 0.29) is 5.91 Å². The highest BCUT2D eigenvalue weighted by Crippen LogP contribution is 2.15. The van der Waals surface area contributed by atoms with Gasteiger partial charge in [0.2, 0.25) is 0 Å². The third kappa shape index (κ3) is 4.13. The second-order valence-corrected chi connectivity index (χ2v) is 5.79. The zero-order valence-electron chi connectivity index (χ0n) is 14.4. The molecule has 0 unspecified atom stereocenters. The Morgan fingerprint density at radius 2 is 1.42 bits per heavy atom. The number of hydrogen-bond acceptors (Lipinski definition) is 4. The van der Waals surface area contributed by atoms with Gasteiger partial charge in [-0.1, -0.05) is 12.1 Å². The van der Waals surface area contributed by atoms with E-state index in [1.807, 2.05) is 43.3 Å². The van der Waals surface area contributed by atoms with E-state index in [1.165, 1.54) is 7.11 Å². The van der Waals surface area contributed by atoms with Crippen LogP contribution in [0.1, 0.15) is 26.3 Å². The lowest BCUT2D eigenvalue weighted by atomic mass is 10.1. The van der Waals surface area contributed by atoms with Gasteiger partial charge in [-0.3, -0.25) is 4.79 Å². The first kappa shape index (κ1) is 17.5. The predicted octanol–water partition coefficient (Wildman–Crippen LogP) is 2.81. The molecule has 5 nitrogen and oxygen atoms in total. The highest BCUT2D eigenvalue weighted by molar-refractivity contribution is 5.96. The van der Waals surface area contributed by atoms with Crippen LogP contribution in [0.5, 0.6) is 0 Å². The molecule has 2 aromatic carbocycles. The lowest BCUT2D eigenvalue weighted by molar-refractivity contribution is 0.0600. The zero-order valence-corrected chi connectivity index (χ0v) is 14.4. The van der Waals surface area contributed by atoms with Gasteiger partial charge in [-0.2, -0.15) is 0 Å². The Labute approximate surface area is 142 Å². The highest BCUT2D eigenvalue weighted by atomic mass is 16.5. The lowest BCUT2D eigenvalue weighted by Crippen LogP contribution is -2.26. The number of hydrogen-bond donors (Lipinski definition) is 0. The van der Waals surface area contributed by atoms with Crippen molar-refractivity contribution >= 4 is 17.6 Å². The number of amides is 1. The summed E-state index contributed by atoms with van der Waals surface area (Å²) in [5.74, 6) is -0.508. The molecule has 2 rings (SSSR count). The van der Waals surface area contributed by atoms with Crippen molar-refractivity contribution in [1.29, 1.82) is 0 Å². The van der Waals surface area contributed by atoms with E-state index in [0.717, 1.165) is 11.3 Å². The number of methoxy groups -OCH3 is 1. The fourth-order valence-electron chi connectivity index (χ4n) is 2.33. The Hall–Kier alpha value is -2.82. The van der Waals surface area contributed by atoms with E-state index in [4.69, 9.17) is 0 Å². The van der Waals surface area contributed by atoms with Gasteiger partial charge in [0.15, 0.2) is 0 Å². The van der Waals surface area contributed by atoms with Gasteiger partial charge in [-0.25, -0.2) is 4.79 Å². The molecular formula is C19H22N2O3. The maximum Gasteiger partial charge on any atom is 0.337 e. The summed E-state index contributed by atoms with van der Waals surface area (Å²) >= 11 is 0. The van der Waals surface area contributed by atoms with Crippen molar-refractivity contribution < 1.29 is 14.3 Å². The van der Waals surface area contributed by atoms with Crippen LogP contribution >= 0.6 is 0 Å². The van der Waals surface area contributed by atoms with Gasteiger partial charge in [0, 0.05) is 38.9 Å². The van der Waals surface area contributed by atoms with Crippen LogP contribution in [-0.2, 0) is 11.3 Å². The van der Waals surface area contributed by atoms with Crippen molar-refractivity contribution in [3.63, 3.8) is 0 Å². The molecule has 0 spiro atoms. The van der Waals surface area contributed by atoms with Gasteiger partial charge in [-0.05, 0) is 42.0 Å². The molecule has 1 amide bonds. The molecule has 5 heteroatoms. The fourth-order valence-corrected chi connectivity index (χ4v) is 2.33. The van der Waals surface area contributed by atoms with E-state index in [9.17, 15) is 9.59 Å². The molecule has 0 atom stereocenters. The average molecular weight is 326 g/mol. The summed E-state index contributed by atoms with van der Waals surface area (Å²) in [6.07, 6.45) is 0. The van der Waals surface area contributed by atoms with Crippen LogP contribution in [0.3, 0.4) is 0 Å². The van der Waals surface area contributed by atoms with Crippen LogP contribution < -0.4 is 4.90 Å². The summed E-state index contributed by atoms with van der Waals surface area (Å²) < 4.78 is 4.65. The predicted molar refractivity (Wildman–Crippen MR) is 94.3 cm³/mol. The topological polar surface area (TPSA) is 49.9 Å². The molecule has 0 aromatic heterocycles. The summed E-state index contributed by atoms with van der Waals surface area (Å²) in [7, 11) is 7.07. The summed E-state index contributed by atoms with van der Waals surface area (Å²) in [5, 5.41) is 0. The first-order valence-electron chi connectivity index (χ1n) is 7.62.